The molecule has 2 rings (SSSR count). The Morgan fingerprint density at radius 3 is 2.94 bits per heavy atom. The zero-order valence-corrected chi connectivity index (χ0v) is 11.4. The molecule has 16 heavy (non-hydrogen) atoms. The number of nitrogens with two attached hydrogens (primary N) is 1. The second kappa shape index (κ2) is 5.08. The number of thiophene rings is 1. The van der Waals surface area contributed by atoms with Crippen LogP contribution in [0.1, 0.15) is 29.1 Å². The third-order valence-electron chi connectivity index (χ3n) is 2.53. The van der Waals surface area contributed by atoms with Gasteiger partial charge in [0.2, 0.25) is 0 Å². The van der Waals surface area contributed by atoms with Gasteiger partial charge in [0.1, 0.15) is 0 Å². The van der Waals surface area contributed by atoms with Crippen LogP contribution in [0.25, 0.3) is 0 Å². The van der Waals surface area contributed by atoms with Crippen LogP contribution in [0.15, 0.2) is 34.2 Å². The molecule has 0 saturated carbocycles. The topological polar surface area (TPSA) is 38.9 Å². The Labute approximate surface area is 108 Å². The lowest BCUT2D eigenvalue weighted by molar-refractivity contribution is 0.818. The third-order valence-corrected chi connectivity index (χ3v) is 4.48. The number of nitrogens with zero attached hydrogens (tertiary/aromatic N) is 1. The van der Waals surface area contributed by atoms with Crippen molar-refractivity contribution in [3.63, 3.8) is 0 Å². The summed E-state index contributed by atoms with van der Waals surface area (Å²) in [5.41, 5.74) is 8.45. The van der Waals surface area contributed by atoms with E-state index in [9.17, 15) is 0 Å². The van der Waals surface area contributed by atoms with E-state index >= 15 is 0 Å². The second-order valence-corrected chi connectivity index (χ2v) is 5.31. The molecule has 2 aromatic rings. The summed E-state index contributed by atoms with van der Waals surface area (Å²) in [6, 6.07) is 5.93. The highest BCUT2D eigenvalue weighted by atomic mass is 79.9. The minimum atomic E-state index is -0.134. The van der Waals surface area contributed by atoms with E-state index in [1.54, 1.807) is 17.5 Å². The van der Waals surface area contributed by atoms with Gasteiger partial charge < -0.3 is 5.73 Å². The van der Waals surface area contributed by atoms with Gasteiger partial charge >= 0.3 is 0 Å². The SMILES string of the molecule is CCc1cccnc1C(N)c1sccc1Br. The molecule has 0 aliphatic carbocycles. The van der Waals surface area contributed by atoms with Gasteiger partial charge in [-0.05, 0) is 45.4 Å². The van der Waals surface area contributed by atoms with E-state index in [-0.39, 0.29) is 6.04 Å². The van der Waals surface area contributed by atoms with Crippen molar-refractivity contribution < 1.29 is 0 Å². The van der Waals surface area contributed by atoms with E-state index in [4.69, 9.17) is 5.73 Å². The van der Waals surface area contributed by atoms with E-state index in [1.807, 2.05) is 17.5 Å². The van der Waals surface area contributed by atoms with Gasteiger partial charge in [-0.2, -0.15) is 0 Å². The number of aryl methyl sites for hydroxylation is 1. The number of halogens is 1. The maximum Gasteiger partial charge on any atom is 0.0834 e. The molecule has 1 atom stereocenters. The molecule has 4 heteroatoms. The summed E-state index contributed by atoms with van der Waals surface area (Å²) in [7, 11) is 0. The van der Waals surface area contributed by atoms with Crippen LogP contribution in [0.3, 0.4) is 0 Å². The van der Waals surface area contributed by atoms with Crippen molar-refractivity contribution in [3.05, 3.63) is 50.4 Å². The Morgan fingerprint density at radius 1 is 1.50 bits per heavy atom. The molecule has 2 heterocycles. The number of pyridine rings is 1. The van der Waals surface area contributed by atoms with E-state index in [2.05, 4.69) is 33.9 Å². The molecule has 0 fully saturated rings. The lowest BCUT2D eigenvalue weighted by Gasteiger charge is -2.13. The fourth-order valence-corrected chi connectivity index (χ4v) is 3.31. The van der Waals surface area contributed by atoms with Gasteiger partial charge in [-0.25, -0.2) is 0 Å². The number of aromatic nitrogens is 1. The van der Waals surface area contributed by atoms with Crippen molar-refractivity contribution in [1.29, 1.82) is 0 Å². The molecule has 2 nitrogen and oxygen atoms in total. The summed E-state index contributed by atoms with van der Waals surface area (Å²) in [4.78, 5) is 5.54. The Kier molecular flexibility index (Phi) is 3.74. The molecular formula is C12H13BrN2S. The van der Waals surface area contributed by atoms with Crippen molar-refractivity contribution >= 4 is 27.3 Å². The summed E-state index contributed by atoms with van der Waals surface area (Å²) < 4.78 is 1.07. The van der Waals surface area contributed by atoms with E-state index in [0.717, 1.165) is 21.5 Å². The maximum atomic E-state index is 6.26. The molecule has 1 unspecified atom stereocenters. The van der Waals surface area contributed by atoms with Crippen LogP contribution in [0, 0.1) is 0 Å². The van der Waals surface area contributed by atoms with Crippen LogP contribution >= 0.6 is 27.3 Å². The summed E-state index contributed by atoms with van der Waals surface area (Å²) in [5.74, 6) is 0. The minimum Gasteiger partial charge on any atom is -0.318 e. The first kappa shape index (κ1) is 11.8. The molecule has 0 spiro atoms. The van der Waals surface area contributed by atoms with E-state index in [1.165, 1.54) is 5.56 Å². The van der Waals surface area contributed by atoms with Gasteiger partial charge in [0.15, 0.2) is 0 Å². The Hall–Kier alpha value is -0.710. The standard InChI is InChI=1S/C12H13BrN2S/c1-2-8-4-3-6-15-11(8)10(14)12-9(13)5-7-16-12/h3-7,10H,2,14H2,1H3. The van der Waals surface area contributed by atoms with Crippen molar-refractivity contribution in [2.24, 2.45) is 5.73 Å². The first-order chi connectivity index (χ1) is 7.74. The Bertz CT molecular complexity index is 481. The normalized spacial score (nSPS) is 12.7. The molecule has 0 bridgehead atoms. The van der Waals surface area contributed by atoms with E-state index < -0.39 is 0 Å². The van der Waals surface area contributed by atoms with Gasteiger partial charge in [0, 0.05) is 15.5 Å². The smallest absolute Gasteiger partial charge is 0.0834 e. The quantitative estimate of drug-likeness (QED) is 0.941. The Morgan fingerprint density at radius 2 is 2.31 bits per heavy atom. The average molecular weight is 297 g/mol. The highest BCUT2D eigenvalue weighted by Crippen LogP contribution is 2.31. The van der Waals surface area contributed by atoms with Crippen LogP contribution in [0.4, 0.5) is 0 Å². The monoisotopic (exact) mass is 296 g/mol. The van der Waals surface area contributed by atoms with Crippen LogP contribution in [0.5, 0.6) is 0 Å². The molecule has 0 aliphatic rings. The predicted octanol–water partition coefficient (Wildman–Crippen LogP) is 3.52. The molecule has 0 amide bonds. The summed E-state index contributed by atoms with van der Waals surface area (Å²) in [6.45, 7) is 2.12. The van der Waals surface area contributed by atoms with Crippen LogP contribution in [0.2, 0.25) is 0 Å². The van der Waals surface area contributed by atoms with Gasteiger partial charge in [0.25, 0.3) is 0 Å². The molecule has 2 aromatic heterocycles. The van der Waals surface area contributed by atoms with Crippen LogP contribution in [-0.4, -0.2) is 4.98 Å². The van der Waals surface area contributed by atoms with Gasteiger partial charge in [-0.15, -0.1) is 11.3 Å². The number of hydrogen-bond acceptors (Lipinski definition) is 3. The van der Waals surface area contributed by atoms with Gasteiger partial charge in [0.05, 0.1) is 11.7 Å². The summed E-state index contributed by atoms with van der Waals surface area (Å²) >= 11 is 5.17. The van der Waals surface area contributed by atoms with E-state index in [0.29, 0.717) is 0 Å². The molecular weight excluding hydrogens is 284 g/mol. The summed E-state index contributed by atoms with van der Waals surface area (Å²) in [5, 5.41) is 2.04. The van der Waals surface area contributed by atoms with Crippen molar-refractivity contribution in [2.75, 3.05) is 0 Å². The fourth-order valence-electron chi connectivity index (χ4n) is 1.68. The molecule has 2 N–H and O–H groups in total. The van der Waals surface area contributed by atoms with Crippen molar-refractivity contribution in [1.82, 2.24) is 4.98 Å². The lowest BCUT2D eigenvalue weighted by Crippen LogP contribution is -2.14. The molecule has 84 valence electrons. The fraction of sp³-hybridized carbons (Fsp3) is 0.250. The predicted molar refractivity (Wildman–Crippen MR) is 71.7 cm³/mol. The third kappa shape index (κ3) is 2.19. The van der Waals surface area contributed by atoms with Crippen LogP contribution in [-0.2, 0) is 6.42 Å². The van der Waals surface area contributed by atoms with Crippen LogP contribution < -0.4 is 5.73 Å². The lowest BCUT2D eigenvalue weighted by atomic mass is 10.0. The molecule has 0 saturated heterocycles. The molecule has 0 aliphatic heterocycles. The maximum absolute atomic E-state index is 6.26. The zero-order valence-electron chi connectivity index (χ0n) is 8.98. The highest BCUT2D eigenvalue weighted by Gasteiger charge is 2.17. The first-order valence-corrected chi connectivity index (χ1v) is 6.83. The van der Waals surface area contributed by atoms with Crippen molar-refractivity contribution in [2.45, 2.75) is 19.4 Å². The minimum absolute atomic E-state index is 0.134. The highest BCUT2D eigenvalue weighted by molar-refractivity contribution is 9.10. The molecule has 0 radical (unpaired) electrons. The van der Waals surface area contributed by atoms with Gasteiger partial charge in [-0.3, -0.25) is 4.98 Å². The average Bonchev–Trinajstić information content (AvgIpc) is 2.74. The number of hydrogen-bond donors (Lipinski definition) is 1. The molecule has 0 aromatic carbocycles. The zero-order chi connectivity index (χ0) is 11.5. The largest absolute Gasteiger partial charge is 0.318 e. The Balaban J connectivity index is 2.41. The number of rotatable bonds is 3. The summed E-state index contributed by atoms with van der Waals surface area (Å²) in [6.07, 6.45) is 2.76. The van der Waals surface area contributed by atoms with Crippen molar-refractivity contribution in [3.8, 4) is 0 Å². The second-order valence-electron chi connectivity index (χ2n) is 3.51. The first-order valence-electron chi connectivity index (χ1n) is 5.16. The van der Waals surface area contributed by atoms with Gasteiger partial charge in [-0.1, -0.05) is 13.0 Å².